The minimum Gasteiger partial charge on any atom is -0.338 e. The maximum Gasteiger partial charge on any atom is 0.256 e. The second kappa shape index (κ2) is 8.50. The number of benzene rings is 1. The van der Waals surface area contributed by atoms with E-state index in [1.165, 1.54) is 24.4 Å². The van der Waals surface area contributed by atoms with E-state index in [0.29, 0.717) is 36.5 Å². The molecule has 160 valence electrons. The number of carbonyl (C=O) groups is 1. The van der Waals surface area contributed by atoms with Gasteiger partial charge in [0.05, 0.1) is 11.3 Å². The van der Waals surface area contributed by atoms with Gasteiger partial charge in [-0.05, 0) is 37.1 Å². The van der Waals surface area contributed by atoms with E-state index in [1.54, 1.807) is 35.5 Å². The zero-order valence-electron chi connectivity index (χ0n) is 16.9. The summed E-state index contributed by atoms with van der Waals surface area (Å²) in [5.74, 6) is -0.932. The summed E-state index contributed by atoms with van der Waals surface area (Å²) in [6.45, 7) is 0.720. The Labute approximate surface area is 179 Å². The topological polar surface area (TPSA) is 93.1 Å². The maximum atomic E-state index is 14.1. The van der Waals surface area contributed by atoms with Crippen molar-refractivity contribution in [2.75, 3.05) is 19.3 Å². The van der Waals surface area contributed by atoms with E-state index in [9.17, 15) is 17.6 Å². The predicted octanol–water partition coefficient (Wildman–Crippen LogP) is 3.10. The van der Waals surface area contributed by atoms with Gasteiger partial charge >= 0.3 is 0 Å². The molecule has 2 aromatic heterocycles. The number of aromatic nitrogens is 3. The summed E-state index contributed by atoms with van der Waals surface area (Å²) in [6.07, 6.45) is 6.98. The molecule has 1 aliphatic heterocycles. The molecule has 1 fully saturated rings. The fourth-order valence-electron chi connectivity index (χ4n) is 3.79. The highest BCUT2D eigenvalue weighted by molar-refractivity contribution is 7.90. The Kier molecular flexibility index (Phi) is 5.77. The number of amides is 1. The van der Waals surface area contributed by atoms with Crippen LogP contribution in [0.25, 0.3) is 11.4 Å². The van der Waals surface area contributed by atoms with E-state index in [4.69, 9.17) is 0 Å². The zero-order chi connectivity index (χ0) is 22.0. The van der Waals surface area contributed by atoms with Crippen LogP contribution in [0.2, 0.25) is 0 Å². The van der Waals surface area contributed by atoms with Gasteiger partial charge in [0.25, 0.3) is 5.91 Å². The largest absolute Gasteiger partial charge is 0.338 e. The molecule has 4 rings (SSSR count). The Morgan fingerprint density at radius 2 is 1.97 bits per heavy atom. The molecular formula is C22H21FN4O3S. The highest BCUT2D eigenvalue weighted by Gasteiger charge is 2.31. The molecule has 9 heteroatoms. The monoisotopic (exact) mass is 440 g/mol. The van der Waals surface area contributed by atoms with Crippen LogP contribution in [-0.4, -0.2) is 53.5 Å². The highest BCUT2D eigenvalue weighted by Crippen LogP contribution is 2.32. The van der Waals surface area contributed by atoms with E-state index < -0.39 is 21.6 Å². The molecule has 0 spiro atoms. The Morgan fingerprint density at radius 1 is 1.16 bits per heavy atom. The number of sulfone groups is 1. The Morgan fingerprint density at radius 3 is 2.68 bits per heavy atom. The van der Waals surface area contributed by atoms with Gasteiger partial charge in [0, 0.05) is 49.4 Å². The first-order chi connectivity index (χ1) is 14.8. The van der Waals surface area contributed by atoms with Crippen LogP contribution < -0.4 is 0 Å². The number of halogens is 1. The molecule has 0 aliphatic carbocycles. The predicted molar refractivity (Wildman–Crippen MR) is 113 cm³/mol. The average Bonchev–Trinajstić information content (AvgIpc) is 2.78. The SMILES string of the molecule is CS(=O)(=O)c1cnc(-c2cccnc2)nc1[C@H]1CCCN(C(=O)c2ccccc2F)C1. The molecule has 0 unspecified atom stereocenters. The smallest absolute Gasteiger partial charge is 0.256 e. The Balaban J connectivity index is 1.70. The van der Waals surface area contributed by atoms with Gasteiger partial charge in [-0.1, -0.05) is 12.1 Å². The van der Waals surface area contributed by atoms with E-state index in [0.717, 1.165) is 6.26 Å². The van der Waals surface area contributed by atoms with Crippen molar-refractivity contribution >= 4 is 15.7 Å². The van der Waals surface area contributed by atoms with Crippen molar-refractivity contribution in [1.82, 2.24) is 19.9 Å². The van der Waals surface area contributed by atoms with Crippen molar-refractivity contribution in [2.24, 2.45) is 0 Å². The maximum absolute atomic E-state index is 14.1. The van der Waals surface area contributed by atoms with Crippen LogP contribution in [0.15, 0.2) is 59.9 Å². The Hall–Kier alpha value is -3.20. The number of piperidine rings is 1. The Bertz CT molecular complexity index is 1220. The lowest BCUT2D eigenvalue weighted by Gasteiger charge is -2.33. The first-order valence-electron chi connectivity index (χ1n) is 9.86. The summed E-state index contributed by atoms with van der Waals surface area (Å²) < 4.78 is 38.9. The van der Waals surface area contributed by atoms with Crippen molar-refractivity contribution in [1.29, 1.82) is 0 Å². The standard InChI is InChI=1S/C22H21FN4O3S/c1-31(29,30)19-13-25-21(15-6-4-10-24-12-15)26-20(19)16-7-5-11-27(14-16)22(28)17-8-2-3-9-18(17)23/h2-4,6,8-10,12-13,16H,5,7,11,14H2,1H3/t16-/m0/s1. The lowest BCUT2D eigenvalue weighted by molar-refractivity contribution is 0.0700. The summed E-state index contributed by atoms with van der Waals surface area (Å²) in [5.41, 5.74) is 1.05. The number of hydrogen-bond acceptors (Lipinski definition) is 6. The van der Waals surface area contributed by atoms with Crippen molar-refractivity contribution < 1.29 is 17.6 Å². The molecule has 0 saturated carbocycles. The number of likely N-dealkylation sites (tertiary alicyclic amines) is 1. The third kappa shape index (κ3) is 4.46. The summed E-state index contributed by atoms with van der Waals surface area (Å²) in [7, 11) is -3.58. The van der Waals surface area contributed by atoms with Gasteiger partial charge in [-0.2, -0.15) is 0 Å². The molecule has 1 atom stereocenters. The number of pyridine rings is 1. The quantitative estimate of drug-likeness (QED) is 0.619. The van der Waals surface area contributed by atoms with Crippen molar-refractivity contribution in [3.05, 3.63) is 72.1 Å². The van der Waals surface area contributed by atoms with E-state index in [2.05, 4.69) is 15.0 Å². The summed E-state index contributed by atoms with van der Waals surface area (Å²) in [5, 5.41) is 0. The number of hydrogen-bond donors (Lipinski definition) is 0. The van der Waals surface area contributed by atoms with Crippen LogP contribution in [-0.2, 0) is 9.84 Å². The van der Waals surface area contributed by atoms with Crippen LogP contribution in [0, 0.1) is 5.82 Å². The van der Waals surface area contributed by atoms with Crippen LogP contribution in [0.3, 0.4) is 0 Å². The fraction of sp³-hybridized carbons (Fsp3) is 0.273. The van der Waals surface area contributed by atoms with Gasteiger partial charge in [-0.15, -0.1) is 0 Å². The minimum atomic E-state index is -3.58. The molecule has 0 radical (unpaired) electrons. The fourth-order valence-corrected chi connectivity index (χ4v) is 4.62. The average molecular weight is 441 g/mol. The lowest BCUT2D eigenvalue weighted by atomic mass is 9.93. The van der Waals surface area contributed by atoms with Gasteiger partial charge in [-0.25, -0.2) is 22.8 Å². The van der Waals surface area contributed by atoms with E-state index in [1.807, 2.05) is 0 Å². The normalized spacial score (nSPS) is 16.8. The molecule has 0 bridgehead atoms. The van der Waals surface area contributed by atoms with Crippen molar-refractivity contribution in [3.63, 3.8) is 0 Å². The van der Waals surface area contributed by atoms with Crippen molar-refractivity contribution in [3.8, 4) is 11.4 Å². The third-order valence-corrected chi connectivity index (χ3v) is 6.42. The van der Waals surface area contributed by atoms with E-state index >= 15 is 0 Å². The summed E-state index contributed by atoms with van der Waals surface area (Å²) in [6, 6.07) is 9.39. The number of nitrogens with zero attached hydrogens (tertiary/aromatic N) is 4. The molecule has 3 aromatic rings. The lowest BCUT2D eigenvalue weighted by Crippen LogP contribution is -2.40. The highest BCUT2D eigenvalue weighted by atomic mass is 32.2. The molecule has 0 N–H and O–H groups in total. The van der Waals surface area contributed by atoms with Crippen LogP contribution in [0.1, 0.15) is 34.8 Å². The molecule has 1 aliphatic rings. The van der Waals surface area contributed by atoms with Crippen LogP contribution in [0.5, 0.6) is 0 Å². The molecule has 31 heavy (non-hydrogen) atoms. The molecule has 1 amide bonds. The number of carbonyl (C=O) groups excluding carboxylic acids is 1. The second-order valence-corrected chi connectivity index (χ2v) is 9.51. The molecule has 1 aromatic carbocycles. The van der Waals surface area contributed by atoms with Gasteiger partial charge in [0.2, 0.25) is 0 Å². The number of rotatable bonds is 4. The summed E-state index contributed by atoms with van der Waals surface area (Å²) in [4.78, 5) is 27.4. The third-order valence-electron chi connectivity index (χ3n) is 5.30. The first-order valence-corrected chi connectivity index (χ1v) is 11.7. The second-order valence-electron chi connectivity index (χ2n) is 7.53. The van der Waals surface area contributed by atoms with Gasteiger partial charge in [-0.3, -0.25) is 9.78 Å². The first kappa shape index (κ1) is 21.0. The molecular weight excluding hydrogens is 419 g/mol. The van der Waals surface area contributed by atoms with Crippen LogP contribution in [0.4, 0.5) is 4.39 Å². The molecule has 7 nitrogen and oxygen atoms in total. The van der Waals surface area contributed by atoms with Crippen molar-refractivity contribution in [2.45, 2.75) is 23.7 Å². The van der Waals surface area contributed by atoms with Gasteiger partial charge < -0.3 is 4.90 Å². The van der Waals surface area contributed by atoms with Gasteiger partial charge in [0.1, 0.15) is 10.7 Å². The van der Waals surface area contributed by atoms with Crippen LogP contribution >= 0.6 is 0 Å². The zero-order valence-corrected chi connectivity index (χ0v) is 17.7. The van der Waals surface area contributed by atoms with Gasteiger partial charge in [0.15, 0.2) is 15.7 Å². The summed E-state index contributed by atoms with van der Waals surface area (Å²) >= 11 is 0. The van der Waals surface area contributed by atoms with E-state index in [-0.39, 0.29) is 22.9 Å². The molecule has 1 saturated heterocycles. The minimum absolute atomic E-state index is 0.00484. The molecule has 3 heterocycles.